The number of hydrogen-bond donors (Lipinski definition) is 1. The minimum absolute atomic E-state index is 0.880. The zero-order valence-electron chi connectivity index (χ0n) is 6.81. The van der Waals surface area contributed by atoms with E-state index in [1.165, 1.54) is 5.69 Å². The molecule has 0 saturated carbocycles. The van der Waals surface area contributed by atoms with Crippen LogP contribution >= 0.6 is 0 Å². The first-order chi connectivity index (χ1) is 5.27. The number of aryl methyl sites for hydroxylation is 2. The van der Waals surface area contributed by atoms with Gasteiger partial charge in [-0.1, -0.05) is 0 Å². The van der Waals surface area contributed by atoms with E-state index in [-0.39, 0.29) is 0 Å². The maximum atomic E-state index is 4.34. The van der Waals surface area contributed by atoms with Crippen LogP contribution < -0.4 is 5.32 Å². The summed E-state index contributed by atoms with van der Waals surface area (Å²) >= 11 is 0. The van der Waals surface area contributed by atoms with Gasteiger partial charge in [-0.15, -0.1) is 0 Å². The standard InChI is InChI=1S/C8H11N3/c1-5-8-7(3-4-9-8)11-6(2)10-5/h9H,3-4H2,1-2H3. The van der Waals surface area contributed by atoms with Crippen molar-refractivity contribution in [3.05, 3.63) is 17.2 Å². The molecule has 3 heteroatoms. The lowest BCUT2D eigenvalue weighted by Crippen LogP contribution is -1.97. The summed E-state index contributed by atoms with van der Waals surface area (Å²) in [5, 5.41) is 3.27. The van der Waals surface area contributed by atoms with Crippen molar-refractivity contribution in [1.29, 1.82) is 0 Å². The Hall–Kier alpha value is -1.12. The van der Waals surface area contributed by atoms with Crippen LogP contribution in [0, 0.1) is 13.8 Å². The van der Waals surface area contributed by atoms with Gasteiger partial charge in [0.2, 0.25) is 0 Å². The number of aromatic nitrogens is 2. The Bertz CT molecular complexity index is 294. The van der Waals surface area contributed by atoms with Gasteiger partial charge in [0.1, 0.15) is 5.82 Å². The quantitative estimate of drug-likeness (QED) is 0.599. The second kappa shape index (κ2) is 2.19. The van der Waals surface area contributed by atoms with Crippen LogP contribution in [0.25, 0.3) is 0 Å². The summed E-state index contributed by atoms with van der Waals surface area (Å²) in [5.41, 5.74) is 3.40. The predicted octanol–water partition coefficient (Wildman–Crippen LogP) is 1.06. The fourth-order valence-electron chi connectivity index (χ4n) is 1.50. The highest BCUT2D eigenvalue weighted by Crippen LogP contribution is 2.22. The summed E-state index contributed by atoms with van der Waals surface area (Å²) in [5.74, 6) is 0.880. The van der Waals surface area contributed by atoms with Crippen LogP contribution in [0.3, 0.4) is 0 Å². The molecule has 0 fully saturated rings. The number of nitrogens with zero attached hydrogens (tertiary/aromatic N) is 2. The molecule has 2 heterocycles. The van der Waals surface area contributed by atoms with Crippen LogP contribution in [0.5, 0.6) is 0 Å². The average Bonchev–Trinajstić information content (AvgIpc) is 2.34. The van der Waals surface area contributed by atoms with E-state index in [2.05, 4.69) is 15.3 Å². The van der Waals surface area contributed by atoms with Crippen LogP contribution in [0.4, 0.5) is 5.69 Å². The second-order valence-corrected chi connectivity index (χ2v) is 2.85. The zero-order valence-corrected chi connectivity index (χ0v) is 6.81. The molecule has 1 aromatic rings. The van der Waals surface area contributed by atoms with Crippen molar-refractivity contribution in [2.45, 2.75) is 20.3 Å². The highest BCUT2D eigenvalue weighted by Gasteiger charge is 2.14. The van der Waals surface area contributed by atoms with Crippen molar-refractivity contribution >= 4 is 5.69 Å². The average molecular weight is 149 g/mol. The van der Waals surface area contributed by atoms with Gasteiger partial charge in [-0.3, -0.25) is 0 Å². The number of fused-ring (bicyclic) bond motifs is 1. The van der Waals surface area contributed by atoms with E-state index >= 15 is 0 Å². The molecule has 3 nitrogen and oxygen atoms in total. The Morgan fingerprint density at radius 3 is 2.91 bits per heavy atom. The largest absolute Gasteiger partial charge is 0.382 e. The predicted molar refractivity (Wildman–Crippen MR) is 43.7 cm³/mol. The Morgan fingerprint density at radius 1 is 1.27 bits per heavy atom. The molecule has 0 aromatic carbocycles. The molecule has 58 valence electrons. The molecule has 1 aliphatic heterocycles. The van der Waals surface area contributed by atoms with E-state index in [1.807, 2.05) is 13.8 Å². The Balaban J connectivity index is 2.60. The maximum absolute atomic E-state index is 4.34. The van der Waals surface area contributed by atoms with Gasteiger partial charge < -0.3 is 5.32 Å². The molecule has 11 heavy (non-hydrogen) atoms. The number of rotatable bonds is 0. The smallest absolute Gasteiger partial charge is 0.125 e. The van der Waals surface area contributed by atoms with E-state index in [1.54, 1.807) is 0 Å². The lowest BCUT2D eigenvalue weighted by atomic mass is 10.2. The van der Waals surface area contributed by atoms with Crippen molar-refractivity contribution in [2.24, 2.45) is 0 Å². The molecular weight excluding hydrogens is 138 g/mol. The van der Waals surface area contributed by atoms with Gasteiger partial charge in [0.15, 0.2) is 0 Å². The van der Waals surface area contributed by atoms with Crippen LogP contribution in [0.15, 0.2) is 0 Å². The summed E-state index contributed by atoms with van der Waals surface area (Å²) in [7, 11) is 0. The topological polar surface area (TPSA) is 37.8 Å². The zero-order chi connectivity index (χ0) is 7.84. The molecule has 1 aromatic heterocycles. The van der Waals surface area contributed by atoms with E-state index in [0.717, 1.165) is 30.2 Å². The number of anilines is 1. The lowest BCUT2D eigenvalue weighted by Gasteiger charge is -2.02. The van der Waals surface area contributed by atoms with Crippen molar-refractivity contribution in [2.75, 3.05) is 11.9 Å². The molecule has 0 bridgehead atoms. The molecule has 2 rings (SSSR count). The van der Waals surface area contributed by atoms with Crippen molar-refractivity contribution in [3.8, 4) is 0 Å². The lowest BCUT2D eigenvalue weighted by molar-refractivity contribution is 0.958. The molecule has 1 N–H and O–H groups in total. The fraction of sp³-hybridized carbons (Fsp3) is 0.500. The minimum atomic E-state index is 0.880. The summed E-state index contributed by atoms with van der Waals surface area (Å²) in [6, 6.07) is 0. The summed E-state index contributed by atoms with van der Waals surface area (Å²) in [6.45, 7) is 4.96. The second-order valence-electron chi connectivity index (χ2n) is 2.85. The van der Waals surface area contributed by atoms with Gasteiger partial charge in [0.25, 0.3) is 0 Å². The van der Waals surface area contributed by atoms with Crippen molar-refractivity contribution in [1.82, 2.24) is 9.97 Å². The highest BCUT2D eigenvalue weighted by molar-refractivity contribution is 5.55. The molecule has 0 aliphatic carbocycles. The van der Waals surface area contributed by atoms with E-state index in [9.17, 15) is 0 Å². The first kappa shape index (κ1) is 6.58. The molecule has 0 saturated heterocycles. The molecule has 0 amide bonds. The van der Waals surface area contributed by atoms with Gasteiger partial charge in [-0.2, -0.15) is 0 Å². The van der Waals surface area contributed by atoms with E-state index in [4.69, 9.17) is 0 Å². The first-order valence-corrected chi connectivity index (χ1v) is 3.85. The highest BCUT2D eigenvalue weighted by atomic mass is 15.0. The van der Waals surface area contributed by atoms with E-state index < -0.39 is 0 Å². The summed E-state index contributed by atoms with van der Waals surface area (Å²) in [6.07, 6.45) is 1.04. The van der Waals surface area contributed by atoms with Crippen LogP contribution in [0.1, 0.15) is 17.2 Å². The molecule has 1 aliphatic rings. The molecule has 0 spiro atoms. The molecule has 0 atom stereocenters. The number of nitrogens with one attached hydrogen (secondary N) is 1. The van der Waals surface area contributed by atoms with Gasteiger partial charge in [-0.05, 0) is 13.8 Å². The Morgan fingerprint density at radius 2 is 2.09 bits per heavy atom. The van der Waals surface area contributed by atoms with Crippen molar-refractivity contribution in [3.63, 3.8) is 0 Å². The maximum Gasteiger partial charge on any atom is 0.125 e. The first-order valence-electron chi connectivity index (χ1n) is 3.85. The van der Waals surface area contributed by atoms with Gasteiger partial charge in [0, 0.05) is 13.0 Å². The Labute approximate surface area is 65.9 Å². The number of hydrogen-bond acceptors (Lipinski definition) is 3. The third-order valence-corrected chi connectivity index (χ3v) is 1.94. The normalized spacial score (nSPS) is 14.4. The van der Waals surface area contributed by atoms with Gasteiger partial charge in [-0.25, -0.2) is 9.97 Å². The Kier molecular flexibility index (Phi) is 1.31. The fourth-order valence-corrected chi connectivity index (χ4v) is 1.50. The summed E-state index contributed by atoms with van der Waals surface area (Å²) in [4.78, 5) is 8.61. The van der Waals surface area contributed by atoms with Gasteiger partial charge >= 0.3 is 0 Å². The van der Waals surface area contributed by atoms with Crippen LogP contribution in [-0.2, 0) is 6.42 Å². The third kappa shape index (κ3) is 0.964. The van der Waals surface area contributed by atoms with Crippen LogP contribution in [-0.4, -0.2) is 16.5 Å². The van der Waals surface area contributed by atoms with Crippen molar-refractivity contribution < 1.29 is 0 Å². The van der Waals surface area contributed by atoms with Crippen LogP contribution in [0.2, 0.25) is 0 Å². The van der Waals surface area contributed by atoms with E-state index in [0.29, 0.717) is 0 Å². The summed E-state index contributed by atoms with van der Waals surface area (Å²) < 4.78 is 0. The molecule has 0 unspecified atom stereocenters. The third-order valence-electron chi connectivity index (χ3n) is 1.94. The molecule has 0 radical (unpaired) electrons. The SMILES string of the molecule is Cc1nc(C)c2c(n1)CCN2. The molecular formula is C8H11N3. The minimum Gasteiger partial charge on any atom is -0.382 e. The van der Waals surface area contributed by atoms with Gasteiger partial charge in [0.05, 0.1) is 17.1 Å². The monoisotopic (exact) mass is 149 g/mol.